The Morgan fingerprint density at radius 3 is 2.53 bits per heavy atom. The number of carbonyl (C=O) groups excluding carboxylic acids is 2. The molecule has 3 aromatic rings. The van der Waals surface area contributed by atoms with Gasteiger partial charge in [0.25, 0.3) is 5.91 Å². The van der Waals surface area contributed by atoms with Crippen molar-refractivity contribution < 1.29 is 18.7 Å². The van der Waals surface area contributed by atoms with E-state index in [0.29, 0.717) is 30.0 Å². The van der Waals surface area contributed by atoms with Gasteiger partial charge in [0.2, 0.25) is 0 Å². The molecule has 2 saturated carbocycles. The Hall–Kier alpha value is -3.96. The molecule has 2 aliphatic carbocycles. The summed E-state index contributed by atoms with van der Waals surface area (Å²) in [4.78, 5) is 33.2. The van der Waals surface area contributed by atoms with Crippen molar-refractivity contribution in [3.63, 3.8) is 0 Å². The number of nitrogens with zero attached hydrogens (tertiary/aromatic N) is 4. The molecule has 0 aromatic carbocycles. The summed E-state index contributed by atoms with van der Waals surface area (Å²) in [6.45, 7) is 4.66. The number of fused-ring (bicyclic) bond motifs is 1. The van der Waals surface area contributed by atoms with Crippen LogP contribution in [-0.4, -0.2) is 56.3 Å². The van der Waals surface area contributed by atoms with Gasteiger partial charge in [0.05, 0.1) is 23.8 Å². The summed E-state index contributed by atoms with van der Waals surface area (Å²) >= 11 is 0. The molecule has 38 heavy (non-hydrogen) atoms. The number of nitrogens with one attached hydrogen (secondary N) is 4. The van der Waals surface area contributed by atoms with Crippen LogP contribution in [0.5, 0.6) is 0 Å². The highest BCUT2D eigenvalue weighted by Gasteiger charge is 2.27. The number of ether oxygens (including phenoxy) is 1. The Labute approximate surface area is 219 Å². The van der Waals surface area contributed by atoms with Crippen molar-refractivity contribution in [2.45, 2.75) is 70.6 Å². The molecule has 0 bridgehead atoms. The number of carbonyl (C=O) groups is 2. The SMILES string of the molecule is CC(C)CNC(=O)OC1CCC(Nc2cc(NC3CC3)c3ncc(C(=O)Nc4ccncc4F)n3n2)CC1. The molecule has 0 saturated heterocycles. The van der Waals surface area contributed by atoms with E-state index in [4.69, 9.17) is 4.74 Å². The minimum Gasteiger partial charge on any atom is -0.446 e. The van der Waals surface area contributed by atoms with Gasteiger partial charge in [-0.2, -0.15) is 0 Å². The van der Waals surface area contributed by atoms with Crippen LogP contribution in [-0.2, 0) is 4.74 Å². The fraction of sp³-hybridized carbons (Fsp3) is 0.500. The number of amides is 2. The van der Waals surface area contributed by atoms with E-state index < -0.39 is 11.7 Å². The lowest BCUT2D eigenvalue weighted by atomic mass is 9.93. The number of imidazole rings is 1. The second-order valence-electron chi connectivity index (χ2n) is 10.3. The van der Waals surface area contributed by atoms with Crippen LogP contribution in [0.3, 0.4) is 0 Å². The fourth-order valence-corrected chi connectivity index (χ4v) is 4.43. The molecule has 4 N–H and O–H groups in total. The number of aromatic nitrogens is 4. The van der Waals surface area contributed by atoms with Gasteiger partial charge in [-0.1, -0.05) is 13.8 Å². The van der Waals surface area contributed by atoms with Gasteiger partial charge in [0.15, 0.2) is 17.2 Å². The largest absolute Gasteiger partial charge is 0.446 e. The van der Waals surface area contributed by atoms with E-state index in [1.165, 1.54) is 23.0 Å². The maximum atomic E-state index is 14.0. The monoisotopic (exact) mass is 524 g/mol. The van der Waals surface area contributed by atoms with Gasteiger partial charge in [-0.05, 0) is 50.5 Å². The molecule has 0 radical (unpaired) electrons. The first-order valence-electron chi connectivity index (χ1n) is 13.1. The average molecular weight is 525 g/mol. The molecule has 3 aromatic heterocycles. The van der Waals surface area contributed by atoms with Crippen molar-refractivity contribution in [3.8, 4) is 0 Å². The van der Waals surface area contributed by atoms with Crippen LogP contribution in [0.25, 0.3) is 5.65 Å². The van der Waals surface area contributed by atoms with Crippen LogP contribution in [0.2, 0.25) is 0 Å². The number of pyridine rings is 1. The summed E-state index contributed by atoms with van der Waals surface area (Å²) in [5.74, 6) is -0.191. The van der Waals surface area contributed by atoms with Gasteiger partial charge in [0.1, 0.15) is 11.9 Å². The maximum Gasteiger partial charge on any atom is 0.407 e. The zero-order valence-electron chi connectivity index (χ0n) is 21.5. The Bertz CT molecular complexity index is 1300. The molecular formula is C26H33FN8O3. The summed E-state index contributed by atoms with van der Waals surface area (Å²) in [5, 5.41) is 17.0. The number of halogens is 1. The molecule has 2 amide bonds. The second-order valence-corrected chi connectivity index (χ2v) is 10.3. The summed E-state index contributed by atoms with van der Waals surface area (Å²) in [6, 6.07) is 3.81. The topological polar surface area (TPSA) is 135 Å². The fourth-order valence-electron chi connectivity index (χ4n) is 4.43. The summed E-state index contributed by atoms with van der Waals surface area (Å²) in [6.07, 6.45) is 8.67. The second kappa shape index (κ2) is 11.2. The van der Waals surface area contributed by atoms with Crippen molar-refractivity contribution in [1.29, 1.82) is 0 Å². The van der Waals surface area contributed by atoms with Crippen molar-refractivity contribution in [2.75, 3.05) is 22.5 Å². The molecular weight excluding hydrogens is 491 g/mol. The molecule has 0 unspecified atom stereocenters. The average Bonchev–Trinajstić information content (AvgIpc) is 3.60. The third-order valence-corrected chi connectivity index (χ3v) is 6.61. The van der Waals surface area contributed by atoms with Crippen LogP contribution in [0, 0.1) is 11.7 Å². The predicted molar refractivity (Wildman–Crippen MR) is 141 cm³/mol. The first-order chi connectivity index (χ1) is 18.4. The Kier molecular flexibility index (Phi) is 7.57. The van der Waals surface area contributed by atoms with Crippen molar-refractivity contribution in [3.05, 3.63) is 42.2 Å². The van der Waals surface area contributed by atoms with E-state index in [2.05, 4.69) is 36.3 Å². The first-order valence-corrected chi connectivity index (χ1v) is 13.1. The molecule has 3 heterocycles. The van der Waals surface area contributed by atoms with Crippen LogP contribution in [0.1, 0.15) is 62.9 Å². The summed E-state index contributed by atoms with van der Waals surface area (Å²) < 4.78 is 21.1. The standard InChI is InChI=1S/C26H33FN8O3/c1-15(2)12-30-26(37)38-18-7-5-17(6-8-18)32-23-11-21(31-16-3-4-16)24-29-14-22(35(24)34-23)25(36)33-20-9-10-28-13-19(20)27/h9-11,13-18,31H,3-8,12H2,1-2H3,(H,30,37)(H,32,34)(H,28,33,36). The Morgan fingerprint density at radius 2 is 1.82 bits per heavy atom. The lowest BCUT2D eigenvalue weighted by molar-refractivity contribution is 0.0726. The lowest BCUT2D eigenvalue weighted by Gasteiger charge is -2.29. The van der Waals surface area contributed by atoms with Gasteiger partial charge < -0.3 is 26.0 Å². The van der Waals surface area contributed by atoms with Crippen molar-refractivity contribution >= 4 is 34.8 Å². The van der Waals surface area contributed by atoms with Crippen LogP contribution >= 0.6 is 0 Å². The molecule has 0 atom stereocenters. The molecule has 12 heteroatoms. The molecule has 11 nitrogen and oxygen atoms in total. The third-order valence-electron chi connectivity index (χ3n) is 6.61. The van der Waals surface area contributed by atoms with Crippen LogP contribution < -0.4 is 21.3 Å². The highest BCUT2D eigenvalue weighted by atomic mass is 19.1. The minimum absolute atomic E-state index is 0.0300. The van der Waals surface area contributed by atoms with Gasteiger partial charge >= 0.3 is 6.09 Å². The Balaban J connectivity index is 1.28. The maximum absolute atomic E-state index is 14.0. The molecule has 5 rings (SSSR count). The highest BCUT2D eigenvalue weighted by Crippen LogP contribution is 2.30. The van der Waals surface area contributed by atoms with Gasteiger partial charge in [-0.25, -0.2) is 18.7 Å². The van der Waals surface area contributed by atoms with E-state index in [1.807, 2.05) is 19.9 Å². The van der Waals surface area contributed by atoms with E-state index >= 15 is 0 Å². The number of hydrogen-bond donors (Lipinski definition) is 4. The molecule has 202 valence electrons. The summed E-state index contributed by atoms with van der Waals surface area (Å²) in [5.41, 5.74) is 1.51. The summed E-state index contributed by atoms with van der Waals surface area (Å²) in [7, 11) is 0. The van der Waals surface area contributed by atoms with Crippen LogP contribution in [0.4, 0.5) is 26.4 Å². The normalized spacial score (nSPS) is 19.3. The van der Waals surface area contributed by atoms with Gasteiger partial charge in [-0.3, -0.25) is 9.78 Å². The molecule has 0 aliphatic heterocycles. The van der Waals surface area contributed by atoms with Gasteiger partial charge in [-0.15, -0.1) is 5.10 Å². The van der Waals surface area contributed by atoms with Gasteiger partial charge in [0, 0.05) is 30.9 Å². The highest BCUT2D eigenvalue weighted by molar-refractivity contribution is 6.03. The van der Waals surface area contributed by atoms with Crippen LogP contribution in [0.15, 0.2) is 30.7 Å². The van der Waals surface area contributed by atoms with Crippen molar-refractivity contribution in [2.24, 2.45) is 5.92 Å². The molecule has 2 aliphatic rings. The zero-order valence-corrected chi connectivity index (χ0v) is 21.5. The quantitative estimate of drug-likeness (QED) is 0.327. The van der Waals surface area contributed by atoms with Crippen molar-refractivity contribution in [1.82, 2.24) is 24.9 Å². The predicted octanol–water partition coefficient (Wildman–Crippen LogP) is 4.20. The number of hydrogen-bond acceptors (Lipinski definition) is 8. The van der Waals surface area contributed by atoms with E-state index in [9.17, 15) is 14.0 Å². The molecule has 0 spiro atoms. The third kappa shape index (κ3) is 6.29. The minimum atomic E-state index is -0.627. The smallest absolute Gasteiger partial charge is 0.407 e. The number of alkyl carbamates (subject to hydrolysis) is 1. The van der Waals surface area contributed by atoms with E-state index in [0.717, 1.165) is 50.4 Å². The lowest BCUT2D eigenvalue weighted by Crippen LogP contribution is -2.35. The molecule has 2 fully saturated rings. The Morgan fingerprint density at radius 1 is 1.08 bits per heavy atom. The number of rotatable bonds is 9. The van der Waals surface area contributed by atoms with E-state index in [-0.39, 0.29) is 29.6 Å². The van der Waals surface area contributed by atoms with E-state index in [1.54, 1.807) is 0 Å². The zero-order chi connectivity index (χ0) is 26.6. The first kappa shape index (κ1) is 25.7. The number of anilines is 3.